The summed E-state index contributed by atoms with van der Waals surface area (Å²) < 4.78 is 0. The molecule has 0 aliphatic rings. The highest BCUT2D eigenvalue weighted by Crippen LogP contribution is 2.37. The molecule has 0 atom stereocenters. The number of hydrogen-bond acceptors (Lipinski definition) is 2. The van der Waals surface area contributed by atoms with Gasteiger partial charge in [-0.3, -0.25) is 4.98 Å². The molecule has 0 unspecified atom stereocenters. The third-order valence-electron chi connectivity index (χ3n) is 3.63. The Kier molecular flexibility index (Phi) is 3.02. The van der Waals surface area contributed by atoms with Gasteiger partial charge in [0.15, 0.2) is 0 Å². The smallest absolute Gasteiger partial charge is 0.0355 e. The van der Waals surface area contributed by atoms with E-state index in [1.807, 2.05) is 23.7 Å². The molecular weight excluding hydrogens is 274 g/mol. The lowest BCUT2D eigenvalue weighted by Crippen LogP contribution is -1.77. The summed E-state index contributed by atoms with van der Waals surface area (Å²) in [7, 11) is 0. The van der Waals surface area contributed by atoms with Gasteiger partial charge in [0.1, 0.15) is 0 Å². The first-order chi connectivity index (χ1) is 10.4. The van der Waals surface area contributed by atoms with Crippen molar-refractivity contribution in [3.63, 3.8) is 0 Å². The van der Waals surface area contributed by atoms with Gasteiger partial charge in [-0.1, -0.05) is 42.5 Å². The summed E-state index contributed by atoms with van der Waals surface area (Å²) in [6.07, 6.45) is 3.68. The third-order valence-corrected chi connectivity index (χ3v) is 4.79. The van der Waals surface area contributed by atoms with Crippen LogP contribution in [0.25, 0.3) is 31.7 Å². The number of thiophene rings is 1. The topological polar surface area (TPSA) is 12.9 Å². The summed E-state index contributed by atoms with van der Waals surface area (Å²) in [4.78, 5) is 6.66. The fraction of sp³-hybridized carbons (Fsp3) is 0. The highest BCUT2D eigenvalue weighted by molar-refractivity contribution is 7.18. The van der Waals surface area contributed by atoms with Crippen LogP contribution in [0.3, 0.4) is 0 Å². The Balaban J connectivity index is 1.85. The predicted molar refractivity (Wildman–Crippen MR) is 90.5 cm³/mol. The maximum Gasteiger partial charge on any atom is 0.0355 e. The molecule has 2 heterocycles. The number of nitrogens with zero attached hydrogens (tertiary/aromatic N) is 1. The van der Waals surface area contributed by atoms with Gasteiger partial charge in [-0.15, -0.1) is 11.3 Å². The van der Waals surface area contributed by atoms with E-state index in [9.17, 15) is 0 Å². The van der Waals surface area contributed by atoms with Crippen molar-refractivity contribution in [2.24, 2.45) is 0 Å². The molecule has 100 valence electrons. The van der Waals surface area contributed by atoms with Crippen molar-refractivity contribution in [2.45, 2.75) is 0 Å². The molecule has 0 bridgehead atoms. The van der Waals surface area contributed by atoms with E-state index < -0.39 is 0 Å². The van der Waals surface area contributed by atoms with Gasteiger partial charge in [0.2, 0.25) is 0 Å². The first-order valence-corrected chi connectivity index (χ1v) is 7.72. The van der Waals surface area contributed by atoms with Gasteiger partial charge in [-0.25, -0.2) is 0 Å². The molecule has 2 heteroatoms. The second kappa shape index (κ2) is 5.15. The molecular formula is C19H13NS. The first kappa shape index (κ1) is 12.3. The Hall–Kier alpha value is -2.45. The van der Waals surface area contributed by atoms with Gasteiger partial charge >= 0.3 is 0 Å². The van der Waals surface area contributed by atoms with Crippen LogP contribution in [0, 0.1) is 0 Å². The highest BCUT2D eigenvalue weighted by atomic mass is 32.1. The zero-order valence-electron chi connectivity index (χ0n) is 11.4. The quantitative estimate of drug-likeness (QED) is 0.465. The summed E-state index contributed by atoms with van der Waals surface area (Å²) in [5.41, 5.74) is 2.53. The molecule has 0 aliphatic heterocycles. The number of fused-ring (bicyclic) bond motifs is 1. The SMILES string of the molecule is c1ccc2c(-c3ccc(-c4ccncc4)s3)cccc2c1. The van der Waals surface area contributed by atoms with Gasteiger partial charge in [-0.2, -0.15) is 0 Å². The average Bonchev–Trinajstić information content (AvgIpc) is 3.05. The van der Waals surface area contributed by atoms with E-state index in [4.69, 9.17) is 0 Å². The largest absolute Gasteiger partial charge is 0.265 e. The molecule has 2 aromatic heterocycles. The number of benzene rings is 2. The molecule has 4 aromatic rings. The molecule has 1 nitrogen and oxygen atoms in total. The van der Waals surface area contributed by atoms with Crippen LogP contribution in [0.1, 0.15) is 0 Å². The molecule has 0 saturated carbocycles. The van der Waals surface area contributed by atoms with E-state index in [2.05, 4.69) is 71.7 Å². The van der Waals surface area contributed by atoms with Crippen molar-refractivity contribution in [1.82, 2.24) is 4.98 Å². The summed E-state index contributed by atoms with van der Waals surface area (Å²) in [6.45, 7) is 0. The van der Waals surface area contributed by atoms with E-state index in [-0.39, 0.29) is 0 Å². The molecule has 2 aromatic carbocycles. The van der Waals surface area contributed by atoms with Crippen LogP contribution in [-0.4, -0.2) is 4.98 Å². The van der Waals surface area contributed by atoms with Gasteiger partial charge in [0.05, 0.1) is 0 Å². The lowest BCUT2D eigenvalue weighted by molar-refractivity contribution is 1.33. The predicted octanol–water partition coefficient (Wildman–Crippen LogP) is 5.63. The number of rotatable bonds is 2. The Labute approximate surface area is 127 Å². The number of aromatic nitrogens is 1. The Morgan fingerprint density at radius 2 is 1.43 bits per heavy atom. The minimum absolute atomic E-state index is 1.22. The van der Waals surface area contributed by atoms with Crippen LogP contribution < -0.4 is 0 Å². The van der Waals surface area contributed by atoms with E-state index in [1.54, 1.807) is 0 Å². The second-order valence-corrected chi connectivity index (χ2v) is 6.01. The van der Waals surface area contributed by atoms with Crippen LogP contribution in [-0.2, 0) is 0 Å². The van der Waals surface area contributed by atoms with Crippen molar-refractivity contribution >= 4 is 22.1 Å². The molecule has 0 fully saturated rings. The van der Waals surface area contributed by atoms with Crippen LogP contribution in [0.4, 0.5) is 0 Å². The highest BCUT2D eigenvalue weighted by Gasteiger charge is 2.07. The molecule has 21 heavy (non-hydrogen) atoms. The summed E-state index contributed by atoms with van der Waals surface area (Å²) in [6, 6.07) is 23.5. The minimum atomic E-state index is 1.22. The molecule has 0 aliphatic carbocycles. The van der Waals surface area contributed by atoms with Crippen LogP contribution >= 0.6 is 11.3 Å². The van der Waals surface area contributed by atoms with E-state index >= 15 is 0 Å². The molecule has 0 saturated heterocycles. The maximum atomic E-state index is 4.08. The van der Waals surface area contributed by atoms with Crippen LogP contribution in [0.5, 0.6) is 0 Å². The Bertz CT molecular complexity index is 888. The average molecular weight is 287 g/mol. The number of pyridine rings is 1. The molecule has 0 N–H and O–H groups in total. The van der Waals surface area contributed by atoms with Crippen molar-refractivity contribution in [2.75, 3.05) is 0 Å². The van der Waals surface area contributed by atoms with Crippen molar-refractivity contribution < 1.29 is 0 Å². The van der Waals surface area contributed by atoms with Gasteiger partial charge in [0, 0.05) is 22.1 Å². The zero-order valence-corrected chi connectivity index (χ0v) is 12.2. The monoisotopic (exact) mass is 287 g/mol. The van der Waals surface area contributed by atoms with Crippen molar-refractivity contribution in [1.29, 1.82) is 0 Å². The van der Waals surface area contributed by atoms with E-state index in [1.165, 1.54) is 31.7 Å². The molecule has 4 rings (SSSR count). The minimum Gasteiger partial charge on any atom is -0.265 e. The molecule has 0 spiro atoms. The Morgan fingerprint density at radius 1 is 0.667 bits per heavy atom. The fourth-order valence-electron chi connectivity index (χ4n) is 2.59. The van der Waals surface area contributed by atoms with Gasteiger partial charge in [0.25, 0.3) is 0 Å². The zero-order chi connectivity index (χ0) is 14.1. The van der Waals surface area contributed by atoms with Crippen LogP contribution in [0.2, 0.25) is 0 Å². The Morgan fingerprint density at radius 3 is 2.33 bits per heavy atom. The van der Waals surface area contributed by atoms with Gasteiger partial charge in [-0.05, 0) is 46.2 Å². The van der Waals surface area contributed by atoms with Crippen molar-refractivity contribution in [3.8, 4) is 20.9 Å². The maximum absolute atomic E-state index is 4.08. The summed E-state index contributed by atoms with van der Waals surface area (Å²) in [5.74, 6) is 0. The standard InChI is InChI=1S/C19H13NS/c1-2-6-16-14(4-1)5-3-7-17(16)19-9-8-18(21-19)15-10-12-20-13-11-15/h1-13H. The molecule has 0 radical (unpaired) electrons. The third kappa shape index (κ3) is 2.24. The normalized spacial score (nSPS) is 10.9. The van der Waals surface area contributed by atoms with E-state index in [0.29, 0.717) is 0 Å². The van der Waals surface area contributed by atoms with E-state index in [0.717, 1.165) is 0 Å². The summed E-state index contributed by atoms with van der Waals surface area (Å²) in [5, 5.41) is 2.59. The van der Waals surface area contributed by atoms with Crippen molar-refractivity contribution in [3.05, 3.63) is 79.1 Å². The van der Waals surface area contributed by atoms with Crippen LogP contribution in [0.15, 0.2) is 79.1 Å². The fourth-order valence-corrected chi connectivity index (χ4v) is 3.65. The first-order valence-electron chi connectivity index (χ1n) is 6.90. The summed E-state index contributed by atoms with van der Waals surface area (Å²) >= 11 is 1.83. The number of hydrogen-bond donors (Lipinski definition) is 0. The molecule has 0 amide bonds. The second-order valence-electron chi connectivity index (χ2n) is 4.93. The lowest BCUT2D eigenvalue weighted by Gasteiger charge is -2.04. The van der Waals surface area contributed by atoms with Gasteiger partial charge < -0.3 is 0 Å². The lowest BCUT2D eigenvalue weighted by atomic mass is 10.0.